The highest BCUT2D eigenvalue weighted by Gasteiger charge is 2.51. The Hall–Kier alpha value is -2.17. The van der Waals surface area contributed by atoms with Gasteiger partial charge in [-0.2, -0.15) is 0 Å². The first-order valence-corrected chi connectivity index (χ1v) is 7.74. The molecule has 0 saturated heterocycles. The van der Waals surface area contributed by atoms with E-state index >= 15 is 0 Å². The fraction of sp³-hybridized carbons (Fsp3) is 0.412. The van der Waals surface area contributed by atoms with Crippen molar-refractivity contribution in [3.63, 3.8) is 0 Å². The number of nitrogens with zero attached hydrogens (tertiary/aromatic N) is 2. The molecular weight excluding hydrogens is 281 g/mol. The number of nitrogens with one attached hydrogen (secondary N) is 1. The molecule has 2 heterocycles. The summed E-state index contributed by atoms with van der Waals surface area (Å²) in [7, 11) is 0. The molecule has 5 heteroatoms. The van der Waals surface area contributed by atoms with E-state index in [4.69, 9.17) is 0 Å². The predicted octanol–water partition coefficient (Wildman–Crippen LogP) is 2.18. The first kappa shape index (κ1) is 13.5. The summed E-state index contributed by atoms with van der Waals surface area (Å²) in [6.07, 6.45) is 7.13. The molecule has 22 heavy (non-hydrogen) atoms. The number of hydrogen-bond acceptors (Lipinski definition) is 2. The number of fused-ring (bicyclic) bond motifs is 1. The third kappa shape index (κ3) is 2.21. The van der Waals surface area contributed by atoms with Crippen LogP contribution in [-0.2, 0) is 23.2 Å². The Labute approximate surface area is 128 Å². The molecule has 1 aliphatic heterocycles. The molecule has 1 aromatic carbocycles. The summed E-state index contributed by atoms with van der Waals surface area (Å²) in [5.74, 6) is 0.834. The van der Waals surface area contributed by atoms with Crippen LogP contribution in [0.3, 0.4) is 0 Å². The molecule has 1 fully saturated rings. The van der Waals surface area contributed by atoms with Gasteiger partial charge in [0.1, 0.15) is 11.6 Å². The lowest BCUT2D eigenvalue weighted by molar-refractivity contribution is -0.124. The highest BCUT2D eigenvalue weighted by atomic mass is 19.1. The number of amides is 1. The quantitative estimate of drug-likeness (QED) is 0.944. The van der Waals surface area contributed by atoms with Crippen molar-refractivity contribution in [3.8, 4) is 0 Å². The van der Waals surface area contributed by atoms with Gasteiger partial charge < -0.3 is 9.88 Å². The molecule has 0 radical (unpaired) electrons. The summed E-state index contributed by atoms with van der Waals surface area (Å²) in [6, 6.07) is 6.56. The summed E-state index contributed by atoms with van der Waals surface area (Å²) >= 11 is 0. The van der Waals surface area contributed by atoms with E-state index in [9.17, 15) is 9.18 Å². The van der Waals surface area contributed by atoms with Crippen LogP contribution in [0.2, 0.25) is 0 Å². The maximum absolute atomic E-state index is 13.4. The lowest BCUT2D eigenvalue weighted by Crippen LogP contribution is -2.45. The van der Waals surface area contributed by atoms with Gasteiger partial charge in [-0.15, -0.1) is 0 Å². The van der Waals surface area contributed by atoms with Crippen LogP contribution in [0.5, 0.6) is 0 Å². The largest absolute Gasteiger partial charge is 0.351 e. The SMILES string of the molecule is O=C(NC1CCc2nccn2C1)C1(c2cccc(F)c2)CC1. The Bertz CT molecular complexity index is 720. The van der Waals surface area contributed by atoms with Crippen LogP contribution < -0.4 is 5.32 Å². The normalized spacial score (nSPS) is 22.0. The summed E-state index contributed by atoms with van der Waals surface area (Å²) in [5, 5.41) is 3.16. The standard InChI is InChI=1S/C17H18FN3O/c18-13-3-1-2-12(10-13)17(6-7-17)16(22)20-14-4-5-15-19-8-9-21(15)11-14/h1-3,8-10,14H,4-7,11H2,(H,20,22). The van der Waals surface area contributed by atoms with Gasteiger partial charge >= 0.3 is 0 Å². The van der Waals surface area contributed by atoms with Crippen molar-refractivity contribution in [1.82, 2.24) is 14.9 Å². The number of carbonyl (C=O) groups excluding carboxylic acids is 1. The number of hydrogen-bond donors (Lipinski definition) is 1. The Morgan fingerprint density at radius 3 is 3.05 bits per heavy atom. The minimum Gasteiger partial charge on any atom is -0.351 e. The predicted molar refractivity (Wildman–Crippen MR) is 79.8 cm³/mol. The lowest BCUT2D eigenvalue weighted by atomic mass is 9.94. The fourth-order valence-corrected chi connectivity index (χ4v) is 3.37. The molecule has 1 saturated carbocycles. The fourth-order valence-electron chi connectivity index (χ4n) is 3.37. The molecule has 4 rings (SSSR count). The molecule has 1 atom stereocenters. The van der Waals surface area contributed by atoms with Crippen LogP contribution >= 0.6 is 0 Å². The van der Waals surface area contributed by atoms with Crippen molar-refractivity contribution in [2.45, 2.75) is 43.7 Å². The van der Waals surface area contributed by atoms with Gasteiger partial charge in [-0.3, -0.25) is 4.79 Å². The van der Waals surface area contributed by atoms with Crippen LogP contribution in [0, 0.1) is 5.82 Å². The second-order valence-electron chi connectivity index (χ2n) is 6.30. The van der Waals surface area contributed by atoms with Gasteiger partial charge in [0.25, 0.3) is 0 Å². The van der Waals surface area contributed by atoms with Gasteiger partial charge in [-0.1, -0.05) is 12.1 Å². The van der Waals surface area contributed by atoms with Gasteiger partial charge in [0, 0.05) is 31.4 Å². The number of aromatic nitrogens is 2. The minimum atomic E-state index is -0.517. The molecule has 1 unspecified atom stereocenters. The molecule has 114 valence electrons. The van der Waals surface area contributed by atoms with Gasteiger partial charge in [-0.05, 0) is 37.0 Å². The molecule has 0 spiro atoms. The second-order valence-corrected chi connectivity index (χ2v) is 6.30. The smallest absolute Gasteiger partial charge is 0.230 e. The molecular formula is C17H18FN3O. The monoisotopic (exact) mass is 299 g/mol. The lowest BCUT2D eigenvalue weighted by Gasteiger charge is -2.27. The molecule has 1 aliphatic carbocycles. The second kappa shape index (κ2) is 4.93. The summed E-state index contributed by atoms with van der Waals surface area (Å²) in [6.45, 7) is 0.764. The van der Waals surface area contributed by atoms with Crippen molar-refractivity contribution in [2.24, 2.45) is 0 Å². The molecule has 1 amide bonds. The van der Waals surface area contributed by atoms with Crippen molar-refractivity contribution in [3.05, 3.63) is 53.9 Å². The van der Waals surface area contributed by atoms with E-state index in [-0.39, 0.29) is 17.8 Å². The Kier molecular flexibility index (Phi) is 3.03. The minimum absolute atomic E-state index is 0.0339. The molecule has 1 N–H and O–H groups in total. The van der Waals surface area contributed by atoms with Crippen molar-refractivity contribution < 1.29 is 9.18 Å². The zero-order valence-electron chi connectivity index (χ0n) is 12.3. The Morgan fingerprint density at radius 2 is 2.27 bits per heavy atom. The van der Waals surface area contributed by atoms with E-state index < -0.39 is 5.41 Å². The highest BCUT2D eigenvalue weighted by molar-refractivity contribution is 5.91. The first-order valence-electron chi connectivity index (χ1n) is 7.74. The first-order chi connectivity index (χ1) is 10.7. The van der Waals surface area contributed by atoms with E-state index in [0.29, 0.717) is 0 Å². The molecule has 2 aromatic rings. The Balaban J connectivity index is 1.49. The molecule has 1 aromatic heterocycles. The van der Waals surface area contributed by atoms with Gasteiger partial charge in [0.2, 0.25) is 5.91 Å². The molecule has 2 aliphatic rings. The number of imidazole rings is 1. The average Bonchev–Trinajstić information content (AvgIpc) is 3.20. The van der Waals surface area contributed by atoms with Gasteiger partial charge in [0.05, 0.1) is 5.41 Å². The molecule has 0 bridgehead atoms. The van der Waals surface area contributed by atoms with Crippen molar-refractivity contribution in [1.29, 1.82) is 0 Å². The van der Waals surface area contributed by atoms with Gasteiger partial charge in [0.15, 0.2) is 0 Å². The van der Waals surface area contributed by atoms with E-state index in [0.717, 1.165) is 43.6 Å². The van der Waals surface area contributed by atoms with Crippen molar-refractivity contribution >= 4 is 5.91 Å². The molecule has 4 nitrogen and oxygen atoms in total. The van der Waals surface area contributed by atoms with E-state index in [1.807, 2.05) is 12.3 Å². The zero-order valence-corrected chi connectivity index (χ0v) is 12.3. The van der Waals surface area contributed by atoms with Gasteiger partial charge in [-0.25, -0.2) is 9.37 Å². The van der Waals surface area contributed by atoms with E-state index in [1.54, 1.807) is 12.3 Å². The summed E-state index contributed by atoms with van der Waals surface area (Å²) in [5.41, 5.74) is 0.279. The van der Waals surface area contributed by atoms with Crippen LogP contribution in [0.15, 0.2) is 36.7 Å². The van der Waals surface area contributed by atoms with E-state index in [1.165, 1.54) is 12.1 Å². The zero-order chi connectivity index (χ0) is 15.2. The maximum Gasteiger partial charge on any atom is 0.230 e. The maximum atomic E-state index is 13.4. The van der Waals surface area contributed by atoms with Crippen molar-refractivity contribution in [2.75, 3.05) is 0 Å². The van der Waals surface area contributed by atoms with E-state index in [2.05, 4.69) is 14.9 Å². The summed E-state index contributed by atoms with van der Waals surface area (Å²) in [4.78, 5) is 17.0. The van der Waals surface area contributed by atoms with Crippen LogP contribution in [-0.4, -0.2) is 21.5 Å². The summed E-state index contributed by atoms with van der Waals surface area (Å²) < 4.78 is 15.5. The topological polar surface area (TPSA) is 46.9 Å². The number of halogens is 1. The van der Waals surface area contributed by atoms with Crippen LogP contribution in [0.1, 0.15) is 30.7 Å². The Morgan fingerprint density at radius 1 is 1.41 bits per heavy atom. The number of carbonyl (C=O) groups is 1. The number of rotatable bonds is 3. The van der Waals surface area contributed by atoms with Crippen LogP contribution in [0.4, 0.5) is 4.39 Å². The number of benzene rings is 1. The number of aryl methyl sites for hydroxylation is 1. The van der Waals surface area contributed by atoms with Crippen LogP contribution in [0.25, 0.3) is 0 Å². The highest BCUT2D eigenvalue weighted by Crippen LogP contribution is 2.48. The average molecular weight is 299 g/mol. The third-order valence-corrected chi connectivity index (χ3v) is 4.83. The third-order valence-electron chi connectivity index (χ3n) is 4.83.